The van der Waals surface area contributed by atoms with Gasteiger partial charge in [0.25, 0.3) is 0 Å². The van der Waals surface area contributed by atoms with Crippen LogP contribution in [0.3, 0.4) is 0 Å². The van der Waals surface area contributed by atoms with E-state index in [4.69, 9.17) is 0 Å². The molecule has 2 nitrogen and oxygen atoms in total. The molecular formula is C14H22NO+. The van der Waals surface area contributed by atoms with E-state index >= 15 is 0 Å². The van der Waals surface area contributed by atoms with Gasteiger partial charge < -0.3 is 10.0 Å². The first-order valence-electron chi connectivity index (χ1n) is 6.43. The smallest absolute Gasteiger partial charge is 0.0843 e. The molecule has 1 heterocycles. The number of benzene rings is 1. The summed E-state index contributed by atoms with van der Waals surface area (Å²) in [6, 6.07) is 10.00. The lowest BCUT2D eigenvalue weighted by Crippen LogP contribution is -3.12. The summed E-state index contributed by atoms with van der Waals surface area (Å²) < 4.78 is 0. The lowest BCUT2D eigenvalue weighted by atomic mass is 10.1. The average Bonchev–Trinajstić information content (AvgIpc) is 2.38. The molecule has 1 saturated heterocycles. The topological polar surface area (TPSA) is 24.7 Å². The van der Waals surface area contributed by atoms with Gasteiger partial charge in [-0.25, -0.2) is 0 Å². The molecule has 0 saturated carbocycles. The largest absolute Gasteiger partial charge is 0.388 e. The molecule has 1 unspecified atom stereocenters. The second kappa shape index (κ2) is 6.02. The SMILES string of the molecule is OC(CC[NH+]1CCCCC1)c1ccccc1. The van der Waals surface area contributed by atoms with Gasteiger partial charge in [0, 0.05) is 6.42 Å². The molecule has 0 aliphatic carbocycles. The van der Waals surface area contributed by atoms with Gasteiger partial charge in [-0.1, -0.05) is 30.3 Å². The van der Waals surface area contributed by atoms with E-state index in [2.05, 4.69) is 0 Å². The number of aliphatic hydroxyl groups excluding tert-OH is 1. The molecule has 1 aliphatic rings. The normalized spacial score (nSPS) is 19.6. The van der Waals surface area contributed by atoms with Gasteiger partial charge in [-0.05, 0) is 24.8 Å². The van der Waals surface area contributed by atoms with Crippen LogP contribution in [-0.4, -0.2) is 24.7 Å². The predicted molar refractivity (Wildman–Crippen MR) is 65.4 cm³/mol. The highest BCUT2D eigenvalue weighted by Gasteiger charge is 2.15. The molecule has 16 heavy (non-hydrogen) atoms. The van der Waals surface area contributed by atoms with E-state index in [9.17, 15) is 5.11 Å². The number of nitrogens with one attached hydrogen (secondary N) is 1. The highest BCUT2D eigenvalue weighted by atomic mass is 16.3. The number of piperidine rings is 1. The second-order valence-corrected chi connectivity index (χ2v) is 4.78. The maximum Gasteiger partial charge on any atom is 0.0843 e. The maximum atomic E-state index is 10.0. The Morgan fingerprint density at radius 2 is 1.75 bits per heavy atom. The Morgan fingerprint density at radius 3 is 2.44 bits per heavy atom. The molecule has 2 rings (SSSR count). The van der Waals surface area contributed by atoms with E-state index in [1.54, 1.807) is 4.90 Å². The molecule has 2 heteroatoms. The number of likely N-dealkylation sites (tertiary alicyclic amines) is 1. The standard InChI is InChI=1S/C14H21NO/c16-14(13-7-3-1-4-8-13)9-12-15-10-5-2-6-11-15/h1,3-4,7-8,14,16H,2,5-6,9-12H2/p+1. The molecule has 1 aliphatic heterocycles. The molecule has 1 aromatic rings. The van der Waals surface area contributed by atoms with Crippen LogP contribution >= 0.6 is 0 Å². The maximum absolute atomic E-state index is 10.0. The van der Waals surface area contributed by atoms with Crippen molar-refractivity contribution in [2.75, 3.05) is 19.6 Å². The molecule has 1 atom stereocenters. The van der Waals surface area contributed by atoms with Crippen LogP contribution in [0, 0.1) is 0 Å². The Morgan fingerprint density at radius 1 is 1.06 bits per heavy atom. The van der Waals surface area contributed by atoms with Gasteiger partial charge in [0.1, 0.15) is 0 Å². The molecule has 2 N–H and O–H groups in total. The number of hydrogen-bond acceptors (Lipinski definition) is 1. The van der Waals surface area contributed by atoms with E-state index in [1.807, 2.05) is 30.3 Å². The molecule has 88 valence electrons. The number of aliphatic hydroxyl groups is 1. The third kappa shape index (κ3) is 3.32. The number of quaternary nitrogens is 1. The van der Waals surface area contributed by atoms with Gasteiger partial charge in [0.15, 0.2) is 0 Å². The van der Waals surface area contributed by atoms with Crippen molar-refractivity contribution >= 4 is 0 Å². The van der Waals surface area contributed by atoms with E-state index in [0.29, 0.717) is 0 Å². The fourth-order valence-electron chi connectivity index (χ4n) is 2.48. The summed E-state index contributed by atoms with van der Waals surface area (Å²) in [4.78, 5) is 1.67. The Bertz CT molecular complexity index is 293. The van der Waals surface area contributed by atoms with Crippen molar-refractivity contribution in [2.24, 2.45) is 0 Å². The third-order valence-electron chi connectivity index (χ3n) is 3.52. The summed E-state index contributed by atoms with van der Waals surface area (Å²) in [6.07, 6.45) is 4.72. The number of rotatable bonds is 4. The van der Waals surface area contributed by atoms with Gasteiger partial charge in [0.2, 0.25) is 0 Å². The van der Waals surface area contributed by atoms with Crippen LogP contribution in [0.15, 0.2) is 30.3 Å². The Hall–Kier alpha value is -0.860. The average molecular weight is 220 g/mol. The summed E-state index contributed by atoms with van der Waals surface area (Å²) in [5.74, 6) is 0. The minimum atomic E-state index is -0.282. The van der Waals surface area contributed by atoms with Crippen LogP contribution in [0.5, 0.6) is 0 Å². The first kappa shape index (κ1) is 11.6. The second-order valence-electron chi connectivity index (χ2n) is 4.78. The Balaban J connectivity index is 1.77. The molecular weight excluding hydrogens is 198 g/mol. The molecule has 0 bridgehead atoms. The minimum absolute atomic E-state index is 0.282. The molecule has 0 spiro atoms. The van der Waals surface area contributed by atoms with Crippen molar-refractivity contribution in [2.45, 2.75) is 31.8 Å². The van der Waals surface area contributed by atoms with E-state index in [-0.39, 0.29) is 6.10 Å². The predicted octanol–water partition coefficient (Wildman–Crippen LogP) is 1.18. The molecule has 1 aromatic carbocycles. The van der Waals surface area contributed by atoms with Gasteiger partial charge in [-0.15, -0.1) is 0 Å². The molecule has 0 amide bonds. The third-order valence-corrected chi connectivity index (χ3v) is 3.52. The fourth-order valence-corrected chi connectivity index (χ4v) is 2.48. The van der Waals surface area contributed by atoms with Crippen molar-refractivity contribution in [1.82, 2.24) is 0 Å². The van der Waals surface area contributed by atoms with Gasteiger partial charge in [-0.2, -0.15) is 0 Å². The Kier molecular flexibility index (Phi) is 4.37. The van der Waals surface area contributed by atoms with Crippen LogP contribution in [0.4, 0.5) is 0 Å². The number of hydrogen-bond donors (Lipinski definition) is 2. The first-order chi connectivity index (χ1) is 7.86. The minimum Gasteiger partial charge on any atom is -0.388 e. The van der Waals surface area contributed by atoms with Crippen molar-refractivity contribution in [1.29, 1.82) is 0 Å². The summed E-state index contributed by atoms with van der Waals surface area (Å²) >= 11 is 0. The lowest BCUT2D eigenvalue weighted by Gasteiger charge is -2.24. The first-order valence-corrected chi connectivity index (χ1v) is 6.43. The summed E-state index contributed by atoms with van der Waals surface area (Å²) in [5, 5.41) is 10.0. The molecule has 0 radical (unpaired) electrons. The van der Waals surface area contributed by atoms with Crippen molar-refractivity contribution < 1.29 is 10.0 Å². The molecule has 0 aromatic heterocycles. The lowest BCUT2D eigenvalue weighted by molar-refractivity contribution is -0.905. The zero-order chi connectivity index (χ0) is 11.2. The summed E-state index contributed by atoms with van der Waals surface area (Å²) in [5.41, 5.74) is 1.05. The van der Waals surface area contributed by atoms with Gasteiger partial charge in [-0.3, -0.25) is 0 Å². The fraction of sp³-hybridized carbons (Fsp3) is 0.571. The quantitative estimate of drug-likeness (QED) is 0.782. The van der Waals surface area contributed by atoms with Crippen LogP contribution in [0.2, 0.25) is 0 Å². The summed E-state index contributed by atoms with van der Waals surface area (Å²) in [7, 11) is 0. The van der Waals surface area contributed by atoms with Crippen LogP contribution in [0.1, 0.15) is 37.4 Å². The van der Waals surface area contributed by atoms with Crippen LogP contribution in [0.25, 0.3) is 0 Å². The zero-order valence-electron chi connectivity index (χ0n) is 9.86. The van der Waals surface area contributed by atoms with E-state index in [0.717, 1.165) is 18.5 Å². The van der Waals surface area contributed by atoms with Crippen molar-refractivity contribution in [3.8, 4) is 0 Å². The Labute approximate surface area is 97.9 Å². The van der Waals surface area contributed by atoms with Crippen LogP contribution < -0.4 is 4.90 Å². The van der Waals surface area contributed by atoms with Gasteiger partial charge in [0.05, 0.1) is 25.7 Å². The van der Waals surface area contributed by atoms with Crippen molar-refractivity contribution in [3.63, 3.8) is 0 Å². The van der Waals surface area contributed by atoms with Gasteiger partial charge >= 0.3 is 0 Å². The highest BCUT2D eigenvalue weighted by Crippen LogP contribution is 2.14. The zero-order valence-corrected chi connectivity index (χ0v) is 9.86. The monoisotopic (exact) mass is 220 g/mol. The van der Waals surface area contributed by atoms with E-state index < -0.39 is 0 Å². The van der Waals surface area contributed by atoms with Crippen LogP contribution in [-0.2, 0) is 0 Å². The molecule has 1 fully saturated rings. The van der Waals surface area contributed by atoms with E-state index in [1.165, 1.54) is 32.4 Å². The van der Waals surface area contributed by atoms with Crippen molar-refractivity contribution in [3.05, 3.63) is 35.9 Å². The summed E-state index contributed by atoms with van der Waals surface area (Å²) in [6.45, 7) is 3.69. The highest BCUT2D eigenvalue weighted by molar-refractivity contribution is 5.16.